The molecule has 0 heterocycles. The van der Waals surface area contributed by atoms with Crippen LogP contribution in [0.5, 0.6) is 0 Å². The van der Waals surface area contributed by atoms with Crippen LogP contribution in [0.4, 0.5) is 8.78 Å². The summed E-state index contributed by atoms with van der Waals surface area (Å²) in [5.41, 5.74) is 0.254. The van der Waals surface area contributed by atoms with Crippen LogP contribution in [0.15, 0.2) is 24.3 Å². The molecule has 2 fully saturated rings. The molecule has 4 atom stereocenters. The van der Waals surface area contributed by atoms with E-state index in [1.54, 1.807) is 12.1 Å². The second kappa shape index (κ2) is 7.21. The molecule has 2 saturated carbocycles. The SMILES string of the molecule is CCC1CCC2CC(c3cc4ccc(C(=O)O)c(F)c4cc3F)CCC2C1. The summed E-state index contributed by atoms with van der Waals surface area (Å²) in [6.07, 6.45) is 8.25. The second-order valence-corrected chi connectivity index (χ2v) is 8.44. The standard InChI is InChI=1S/C23H26F2O2/c1-2-13-3-4-15-10-16(6-5-14(15)9-13)19-11-17-7-8-18(23(26)27)22(25)20(17)12-21(19)24/h7-8,11-16H,2-6,9-10H2,1H3,(H,26,27). The number of halogens is 2. The van der Waals surface area contributed by atoms with Crippen LogP contribution in [0.25, 0.3) is 10.8 Å². The first-order valence-corrected chi connectivity index (χ1v) is 10.1. The summed E-state index contributed by atoms with van der Waals surface area (Å²) in [5.74, 6) is -0.115. The first-order valence-electron chi connectivity index (χ1n) is 10.1. The summed E-state index contributed by atoms with van der Waals surface area (Å²) in [5, 5.41) is 9.69. The number of fused-ring (bicyclic) bond motifs is 2. The lowest BCUT2D eigenvalue weighted by molar-refractivity contribution is 0.0692. The Morgan fingerprint density at radius 3 is 2.56 bits per heavy atom. The molecule has 0 amide bonds. The largest absolute Gasteiger partial charge is 0.478 e. The molecule has 1 N–H and O–H groups in total. The first kappa shape index (κ1) is 18.4. The smallest absolute Gasteiger partial charge is 0.338 e. The van der Waals surface area contributed by atoms with E-state index >= 15 is 0 Å². The zero-order valence-corrected chi connectivity index (χ0v) is 15.7. The normalized spacial score (nSPS) is 28.1. The minimum absolute atomic E-state index is 0.0493. The van der Waals surface area contributed by atoms with Crippen LogP contribution >= 0.6 is 0 Å². The van der Waals surface area contributed by atoms with Crippen molar-refractivity contribution in [2.24, 2.45) is 17.8 Å². The van der Waals surface area contributed by atoms with Crippen molar-refractivity contribution in [1.29, 1.82) is 0 Å². The van der Waals surface area contributed by atoms with Crippen molar-refractivity contribution in [2.75, 3.05) is 0 Å². The molecule has 144 valence electrons. The van der Waals surface area contributed by atoms with Crippen LogP contribution in [0.1, 0.15) is 73.7 Å². The van der Waals surface area contributed by atoms with E-state index in [1.807, 2.05) is 0 Å². The lowest BCUT2D eigenvalue weighted by Gasteiger charge is -2.42. The van der Waals surface area contributed by atoms with Crippen molar-refractivity contribution in [1.82, 2.24) is 0 Å². The molecule has 2 aromatic rings. The number of rotatable bonds is 3. The molecular weight excluding hydrogens is 346 g/mol. The molecule has 27 heavy (non-hydrogen) atoms. The maximum absolute atomic E-state index is 14.8. The Labute approximate surface area is 158 Å². The number of carboxylic acids is 1. The molecule has 0 radical (unpaired) electrons. The van der Waals surface area contributed by atoms with Crippen molar-refractivity contribution >= 4 is 16.7 Å². The fraction of sp³-hybridized carbons (Fsp3) is 0.522. The van der Waals surface area contributed by atoms with E-state index in [1.165, 1.54) is 37.8 Å². The Kier molecular flexibility index (Phi) is 4.92. The predicted molar refractivity (Wildman–Crippen MR) is 102 cm³/mol. The Balaban J connectivity index is 1.62. The molecule has 2 aliphatic carbocycles. The first-order chi connectivity index (χ1) is 13.0. The quantitative estimate of drug-likeness (QED) is 0.665. The lowest BCUT2D eigenvalue weighted by Crippen LogP contribution is -2.30. The number of hydrogen-bond donors (Lipinski definition) is 1. The van der Waals surface area contributed by atoms with Gasteiger partial charge in [0.25, 0.3) is 0 Å². The number of aromatic carboxylic acids is 1. The summed E-state index contributed by atoms with van der Waals surface area (Å²) >= 11 is 0. The highest BCUT2D eigenvalue weighted by Crippen LogP contribution is 2.48. The van der Waals surface area contributed by atoms with Crippen molar-refractivity contribution in [2.45, 2.75) is 57.8 Å². The molecule has 2 aliphatic rings. The molecule has 0 bridgehead atoms. The van der Waals surface area contributed by atoms with Crippen LogP contribution in [0, 0.1) is 29.4 Å². The zero-order valence-electron chi connectivity index (χ0n) is 15.7. The predicted octanol–water partition coefficient (Wildman–Crippen LogP) is 6.53. The number of carboxylic acid groups (broad SMARTS) is 1. The highest BCUT2D eigenvalue weighted by atomic mass is 19.1. The maximum atomic E-state index is 14.8. The Bertz CT molecular complexity index is 876. The molecule has 0 aliphatic heterocycles. The summed E-state index contributed by atoms with van der Waals surface area (Å²) in [7, 11) is 0. The van der Waals surface area contributed by atoms with Crippen LogP contribution in [0.2, 0.25) is 0 Å². The molecule has 0 spiro atoms. The van der Waals surface area contributed by atoms with Crippen LogP contribution in [-0.4, -0.2) is 11.1 Å². The summed E-state index contributed by atoms with van der Waals surface area (Å²) < 4.78 is 29.3. The zero-order chi connectivity index (χ0) is 19.1. The number of benzene rings is 2. The average molecular weight is 372 g/mol. The lowest BCUT2D eigenvalue weighted by atomic mass is 9.63. The van der Waals surface area contributed by atoms with E-state index < -0.39 is 23.2 Å². The molecular formula is C23H26F2O2. The average Bonchev–Trinajstić information content (AvgIpc) is 2.67. The van der Waals surface area contributed by atoms with Gasteiger partial charge >= 0.3 is 5.97 Å². The topological polar surface area (TPSA) is 37.3 Å². The molecule has 4 unspecified atom stereocenters. The fourth-order valence-corrected chi connectivity index (χ4v) is 5.44. The summed E-state index contributed by atoms with van der Waals surface area (Å²) in [4.78, 5) is 11.1. The number of hydrogen-bond acceptors (Lipinski definition) is 1. The van der Waals surface area contributed by atoms with Gasteiger partial charge < -0.3 is 5.11 Å². The van der Waals surface area contributed by atoms with E-state index in [-0.39, 0.29) is 11.3 Å². The highest BCUT2D eigenvalue weighted by molar-refractivity contribution is 5.95. The van der Waals surface area contributed by atoms with Crippen LogP contribution in [0.3, 0.4) is 0 Å². The maximum Gasteiger partial charge on any atom is 0.338 e. The Morgan fingerprint density at radius 1 is 1.07 bits per heavy atom. The van der Waals surface area contributed by atoms with Gasteiger partial charge in [-0.15, -0.1) is 0 Å². The fourth-order valence-electron chi connectivity index (χ4n) is 5.44. The van der Waals surface area contributed by atoms with E-state index in [9.17, 15) is 13.6 Å². The Morgan fingerprint density at radius 2 is 1.81 bits per heavy atom. The summed E-state index contributed by atoms with van der Waals surface area (Å²) in [6.45, 7) is 2.27. The van der Waals surface area contributed by atoms with Crippen molar-refractivity contribution in [3.63, 3.8) is 0 Å². The van der Waals surface area contributed by atoms with Crippen LogP contribution in [-0.2, 0) is 0 Å². The van der Waals surface area contributed by atoms with E-state index in [2.05, 4.69) is 6.92 Å². The van der Waals surface area contributed by atoms with Gasteiger partial charge in [-0.3, -0.25) is 0 Å². The van der Waals surface area contributed by atoms with E-state index in [4.69, 9.17) is 5.11 Å². The van der Waals surface area contributed by atoms with Gasteiger partial charge in [0.15, 0.2) is 0 Å². The van der Waals surface area contributed by atoms with Gasteiger partial charge in [0.2, 0.25) is 0 Å². The summed E-state index contributed by atoms with van der Waals surface area (Å²) in [6, 6.07) is 5.78. The van der Waals surface area contributed by atoms with Gasteiger partial charge in [-0.1, -0.05) is 25.8 Å². The molecule has 0 aromatic heterocycles. The van der Waals surface area contributed by atoms with E-state index in [0.29, 0.717) is 16.9 Å². The third-order valence-electron chi connectivity index (χ3n) is 7.04. The second-order valence-electron chi connectivity index (χ2n) is 8.44. The number of carbonyl (C=O) groups is 1. The Hall–Kier alpha value is -1.97. The van der Waals surface area contributed by atoms with Crippen LogP contribution < -0.4 is 0 Å². The molecule has 2 aromatic carbocycles. The van der Waals surface area contributed by atoms with Gasteiger partial charge in [-0.2, -0.15) is 0 Å². The molecule has 4 rings (SSSR count). The third-order valence-corrected chi connectivity index (χ3v) is 7.04. The van der Waals surface area contributed by atoms with Crippen molar-refractivity contribution < 1.29 is 18.7 Å². The van der Waals surface area contributed by atoms with Gasteiger partial charge in [0.05, 0.1) is 5.56 Å². The van der Waals surface area contributed by atoms with Crippen molar-refractivity contribution in [3.05, 3.63) is 47.0 Å². The third kappa shape index (κ3) is 3.35. The van der Waals surface area contributed by atoms with Gasteiger partial charge in [-0.05, 0) is 84.9 Å². The van der Waals surface area contributed by atoms with Gasteiger partial charge in [0, 0.05) is 5.39 Å². The molecule has 4 heteroatoms. The minimum atomic E-state index is -1.33. The highest BCUT2D eigenvalue weighted by Gasteiger charge is 2.36. The molecule has 2 nitrogen and oxygen atoms in total. The van der Waals surface area contributed by atoms with Gasteiger partial charge in [-0.25, -0.2) is 13.6 Å². The minimum Gasteiger partial charge on any atom is -0.478 e. The monoisotopic (exact) mass is 372 g/mol. The van der Waals surface area contributed by atoms with E-state index in [0.717, 1.165) is 31.1 Å². The molecule has 0 saturated heterocycles. The van der Waals surface area contributed by atoms with Crippen molar-refractivity contribution in [3.8, 4) is 0 Å². The van der Waals surface area contributed by atoms with Gasteiger partial charge in [0.1, 0.15) is 11.6 Å².